The van der Waals surface area contributed by atoms with Crippen LogP contribution < -0.4 is 16.6 Å². The van der Waals surface area contributed by atoms with Crippen molar-refractivity contribution in [2.75, 3.05) is 10.7 Å². The third-order valence-electron chi connectivity index (χ3n) is 2.38. The monoisotopic (exact) mass is 248 g/mol. The van der Waals surface area contributed by atoms with Gasteiger partial charge in [-0.15, -0.1) is 11.3 Å². The Morgan fingerprint density at radius 3 is 2.82 bits per heavy atom. The number of rotatable bonds is 5. The van der Waals surface area contributed by atoms with Crippen molar-refractivity contribution in [3.05, 3.63) is 40.6 Å². The fraction of sp³-hybridized carbons (Fsp3) is 0.250. The molecule has 2 rings (SSSR count). The maximum atomic E-state index is 5.32. The molecule has 17 heavy (non-hydrogen) atoms. The number of hydrogen-bond donors (Lipinski definition) is 3. The fourth-order valence-electron chi connectivity index (χ4n) is 1.63. The maximum Gasteiger partial charge on any atom is 0.142 e. The fourth-order valence-corrected chi connectivity index (χ4v) is 2.46. The summed E-state index contributed by atoms with van der Waals surface area (Å²) in [6.45, 7) is 2.14. The zero-order valence-electron chi connectivity index (χ0n) is 9.68. The molecule has 0 amide bonds. The molecule has 0 aliphatic carbocycles. The van der Waals surface area contributed by atoms with E-state index in [-0.39, 0.29) is 0 Å². The van der Waals surface area contributed by atoms with Gasteiger partial charge in [-0.25, -0.2) is 10.8 Å². The average Bonchev–Trinajstić information content (AvgIpc) is 2.82. The van der Waals surface area contributed by atoms with Gasteiger partial charge in [-0.2, -0.15) is 0 Å². The Bertz CT molecular complexity index is 455. The SMILES string of the molecule is CC(Cc1cccs1)Nc1cccc(NN)n1. The lowest BCUT2D eigenvalue weighted by molar-refractivity contribution is 0.794. The zero-order valence-corrected chi connectivity index (χ0v) is 10.5. The van der Waals surface area contributed by atoms with Crippen molar-refractivity contribution in [1.82, 2.24) is 4.98 Å². The van der Waals surface area contributed by atoms with E-state index in [1.165, 1.54) is 4.88 Å². The van der Waals surface area contributed by atoms with E-state index in [0.717, 1.165) is 12.2 Å². The standard InChI is InChI=1S/C12H16N4S/c1-9(8-10-4-3-7-17-10)14-11-5-2-6-12(15-11)16-13/h2-7,9H,8,13H2,1H3,(H2,14,15,16). The number of anilines is 2. The second-order valence-corrected chi connectivity index (χ2v) is 4.91. The Morgan fingerprint density at radius 2 is 2.12 bits per heavy atom. The number of pyridine rings is 1. The smallest absolute Gasteiger partial charge is 0.142 e. The highest BCUT2D eigenvalue weighted by atomic mass is 32.1. The predicted octanol–water partition coefficient (Wildman–Crippen LogP) is 2.47. The first kappa shape index (κ1) is 11.9. The third kappa shape index (κ3) is 3.44. The van der Waals surface area contributed by atoms with Gasteiger partial charge in [0, 0.05) is 17.3 Å². The van der Waals surface area contributed by atoms with Crippen LogP contribution >= 0.6 is 11.3 Å². The van der Waals surface area contributed by atoms with Gasteiger partial charge in [0.2, 0.25) is 0 Å². The summed E-state index contributed by atoms with van der Waals surface area (Å²) in [7, 11) is 0. The molecule has 4 N–H and O–H groups in total. The first-order chi connectivity index (χ1) is 8.28. The van der Waals surface area contributed by atoms with Crippen molar-refractivity contribution in [1.29, 1.82) is 0 Å². The quantitative estimate of drug-likeness (QED) is 0.562. The van der Waals surface area contributed by atoms with Crippen molar-refractivity contribution in [3.63, 3.8) is 0 Å². The van der Waals surface area contributed by atoms with Gasteiger partial charge >= 0.3 is 0 Å². The first-order valence-electron chi connectivity index (χ1n) is 5.50. The number of nitrogen functional groups attached to an aromatic ring is 1. The van der Waals surface area contributed by atoms with E-state index in [0.29, 0.717) is 11.9 Å². The van der Waals surface area contributed by atoms with Gasteiger partial charge in [-0.05, 0) is 30.5 Å². The molecule has 0 aliphatic rings. The number of nitrogens with two attached hydrogens (primary N) is 1. The van der Waals surface area contributed by atoms with Crippen LogP contribution in [0.15, 0.2) is 35.7 Å². The summed E-state index contributed by atoms with van der Waals surface area (Å²) in [6, 6.07) is 10.2. The van der Waals surface area contributed by atoms with Gasteiger partial charge in [0.05, 0.1) is 0 Å². The lowest BCUT2D eigenvalue weighted by atomic mass is 10.2. The van der Waals surface area contributed by atoms with Crippen LogP contribution in [0, 0.1) is 0 Å². The largest absolute Gasteiger partial charge is 0.367 e. The predicted molar refractivity (Wildman–Crippen MR) is 73.2 cm³/mol. The molecule has 0 fully saturated rings. The molecule has 4 nitrogen and oxygen atoms in total. The van der Waals surface area contributed by atoms with Gasteiger partial charge < -0.3 is 10.7 Å². The molecule has 1 unspecified atom stereocenters. The molecule has 2 aromatic heterocycles. The average molecular weight is 248 g/mol. The minimum Gasteiger partial charge on any atom is -0.367 e. The molecule has 5 heteroatoms. The second-order valence-electron chi connectivity index (χ2n) is 3.88. The van der Waals surface area contributed by atoms with Crippen LogP contribution in [-0.4, -0.2) is 11.0 Å². The summed E-state index contributed by atoms with van der Waals surface area (Å²) in [4.78, 5) is 5.69. The molecule has 2 aromatic rings. The van der Waals surface area contributed by atoms with Gasteiger partial charge in [0.25, 0.3) is 0 Å². The summed E-state index contributed by atoms with van der Waals surface area (Å²) >= 11 is 1.78. The Morgan fingerprint density at radius 1 is 1.29 bits per heavy atom. The number of hydrogen-bond acceptors (Lipinski definition) is 5. The summed E-state index contributed by atoms with van der Waals surface area (Å²) in [5.74, 6) is 6.82. The molecule has 0 spiro atoms. The number of thiophene rings is 1. The highest BCUT2D eigenvalue weighted by Crippen LogP contribution is 2.14. The second kappa shape index (κ2) is 5.65. The molecule has 0 radical (unpaired) electrons. The zero-order chi connectivity index (χ0) is 12.1. The van der Waals surface area contributed by atoms with Crippen LogP contribution in [0.1, 0.15) is 11.8 Å². The maximum absolute atomic E-state index is 5.32. The van der Waals surface area contributed by atoms with E-state index in [1.54, 1.807) is 11.3 Å². The van der Waals surface area contributed by atoms with E-state index in [1.807, 2.05) is 18.2 Å². The molecule has 0 bridgehead atoms. The third-order valence-corrected chi connectivity index (χ3v) is 3.28. The van der Waals surface area contributed by atoms with E-state index in [2.05, 4.69) is 40.2 Å². The molecule has 0 saturated carbocycles. The molecule has 1 atom stereocenters. The van der Waals surface area contributed by atoms with Gasteiger partial charge in [-0.1, -0.05) is 12.1 Å². The summed E-state index contributed by atoms with van der Waals surface area (Å²) < 4.78 is 0. The molecule has 0 saturated heterocycles. The Balaban J connectivity index is 1.95. The molecule has 0 aromatic carbocycles. The van der Waals surface area contributed by atoms with Crippen LogP contribution in [0.5, 0.6) is 0 Å². The van der Waals surface area contributed by atoms with E-state index < -0.39 is 0 Å². The van der Waals surface area contributed by atoms with Crippen LogP contribution in [0.2, 0.25) is 0 Å². The highest BCUT2D eigenvalue weighted by Gasteiger charge is 2.05. The van der Waals surface area contributed by atoms with Gasteiger partial charge in [0.1, 0.15) is 11.6 Å². The topological polar surface area (TPSA) is 63.0 Å². The van der Waals surface area contributed by atoms with Crippen LogP contribution in [0.4, 0.5) is 11.6 Å². The van der Waals surface area contributed by atoms with Crippen molar-refractivity contribution in [2.45, 2.75) is 19.4 Å². The Labute approximate surface area is 105 Å². The van der Waals surface area contributed by atoms with E-state index in [4.69, 9.17) is 5.84 Å². The van der Waals surface area contributed by atoms with E-state index >= 15 is 0 Å². The lowest BCUT2D eigenvalue weighted by Crippen LogP contribution is -2.19. The Hall–Kier alpha value is -1.59. The number of nitrogens with one attached hydrogen (secondary N) is 2. The summed E-state index contributed by atoms with van der Waals surface area (Å²) in [5.41, 5.74) is 2.54. The molecular formula is C12H16N4S. The van der Waals surface area contributed by atoms with Crippen molar-refractivity contribution in [3.8, 4) is 0 Å². The number of nitrogens with zero attached hydrogens (tertiary/aromatic N) is 1. The molecule has 0 aliphatic heterocycles. The molecular weight excluding hydrogens is 232 g/mol. The first-order valence-corrected chi connectivity index (χ1v) is 6.38. The number of hydrazine groups is 1. The van der Waals surface area contributed by atoms with Crippen molar-refractivity contribution < 1.29 is 0 Å². The lowest BCUT2D eigenvalue weighted by Gasteiger charge is -2.14. The van der Waals surface area contributed by atoms with Crippen molar-refractivity contribution >= 4 is 23.0 Å². The van der Waals surface area contributed by atoms with Gasteiger partial charge in [-0.3, -0.25) is 0 Å². The van der Waals surface area contributed by atoms with Crippen LogP contribution in [0.25, 0.3) is 0 Å². The summed E-state index contributed by atoms with van der Waals surface area (Å²) in [5, 5.41) is 5.45. The minimum atomic E-state index is 0.342. The van der Waals surface area contributed by atoms with E-state index in [9.17, 15) is 0 Å². The Kier molecular flexibility index (Phi) is 3.95. The highest BCUT2D eigenvalue weighted by molar-refractivity contribution is 7.09. The van der Waals surface area contributed by atoms with Crippen LogP contribution in [-0.2, 0) is 6.42 Å². The number of aromatic nitrogens is 1. The van der Waals surface area contributed by atoms with Crippen molar-refractivity contribution in [2.24, 2.45) is 5.84 Å². The van der Waals surface area contributed by atoms with Gasteiger partial charge in [0.15, 0.2) is 0 Å². The minimum absolute atomic E-state index is 0.342. The van der Waals surface area contributed by atoms with Crippen LogP contribution in [0.3, 0.4) is 0 Å². The molecule has 2 heterocycles. The molecule has 90 valence electrons. The summed E-state index contributed by atoms with van der Waals surface area (Å²) in [6.07, 6.45) is 1.000. The normalized spacial score (nSPS) is 12.1.